The Balaban J connectivity index is 2.83. The predicted molar refractivity (Wildman–Crippen MR) is 47.1 cm³/mol. The molecule has 0 aliphatic heterocycles. The summed E-state index contributed by atoms with van der Waals surface area (Å²) in [6.45, 7) is 1.89. The van der Waals surface area contributed by atoms with Crippen molar-refractivity contribution < 1.29 is 4.74 Å². The molecular weight excluding hydrogens is 154 g/mol. The normalized spacial score (nSPS) is 11.3. The Morgan fingerprint density at radius 2 is 1.75 bits per heavy atom. The monoisotopic (exact) mass is 167 g/mol. The predicted octanol–water partition coefficient (Wildman–Crippen LogP) is -0.139. The van der Waals surface area contributed by atoms with Gasteiger partial charge in [-0.15, -0.1) is 0 Å². The highest BCUT2D eigenvalue weighted by Gasteiger charge is 2.13. The molecule has 0 aromatic heterocycles. The van der Waals surface area contributed by atoms with E-state index < -0.39 is 5.97 Å². The highest BCUT2D eigenvalue weighted by molar-refractivity contribution is 5.32. The summed E-state index contributed by atoms with van der Waals surface area (Å²) in [7, 11) is 0. The third-order valence-corrected chi connectivity index (χ3v) is 1.38. The summed E-state index contributed by atoms with van der Waals surface area (Å²) >= 11 is 0. The van der Waals surface area contributed by atoms with Gasteiger partial charge in [0.15, 0.2) is 0 Å². The van der Waals surface area contributed by atoms with E-state index in [1.165, 1.54) is 0 Å². The molecule has 12 heavy (non-hydrogen) atoms. The van der Waals surface area contributed by atoms with Crippen LogP contribution in [0.1, 0.15) is 5.56 Å². The van der Waals surface area contributed by atoms with Crippen molar-refractivity contribution >= 4 is 0 Å². The molecule has 4 heteroatoms. The smallest absolute Gasteiger partial charge is 0.271 e. The van der Waals surface area contributed by atoms with E-state index in [0.29, 0.717) is 5.75 Å². The molecule has 0 radical (unpaired) electrons. The average molecular weight is 167 g/mol. The SMILES string of the molecule is Cc1ccccc1OC(N)(N)N. The summed E-state index contributed by atoms with van der Waals surface area (Å²) in [6, 6.07) is 7.37. The van der Waals surface area contributed by atoms with Gasteiger partial charge in [0.2, 0.25) is 0 Å². The van der Waals surface area contributed by atoms with E-state index >= 15 is 0 Å². The number of aryl methyl sites for hydroxylation is 1. The van der Waals surface area contributed by atoms with Gasteiger partial charge >= 0.3 is 0 Å². The van der Waals surface area contributed by atoms with Gasteiger partial charge in [-0.05, 0) is 18.6 Å². The van der Waals surface area contributed by atoms with Gasteiger partial charge in [0.25, 0.3) is 5.97 Å². The fourth-order valence-corrected chi connectivity index (χ4v) is 0.861. The maximum Gasteiger partial charge on any atom is 0.271 e. The average Bonchev–Trinajstić information content (AvgIpc) is 1.91. The number of rotatable bonds is 2. The minimum atomic E-state index is -1.61. The van der Waals surface area contributed by atoms with Gasteiger partial charge in [-0.2, -0.15) is 0 Å². The Morgan fingerprint density at radius 1 is 1.17 bits per heavy atom. The van der Waals surface area contributed by atoms with E-state index in [4.69, 9.17) is 21.9 Å². The molecular formula is C8H13N3O. The van der Waals surface area contributed by atoms with Gasteiger partial charge in [0, 0.05) is 0 Å². The largest absolute Gasteiger partial charge is 0.447 e. The van der Waals surface area contributed by atoms with Gasteiger partial charge in [0.1, 0.15) is 5.75 Å². The third-order valence-electron chi connectivity index (χ3n) is 1.38. The molecule has 6 N–H and O–H groups in total. The second-order valence-corrected chi connectivity index (χ2v) is 2.72. The quantitative estimate of drug-likeness (QED) is 0.535. The highest BCUT2D eigenvalue weighted by atomic mass is 16.5. The van der Waals surface area contributed by atoms with E-state index in [-0.39, 0.29) is 0 Å². The molecule has 1 aromatic rings. The molecule has 1 aromatic carbocycles. The second kappa shape index (κ2) is 3.10. The number of nitrogens with two attached hydrogens (primary N) is 3. The molecule has 0 aliphatic rings. The van der Waals surface area contributed by atoms with Crippen LogP contribution in [0.25, 0.3) is 0 Å². The summed E-state index contributed by atoms with van der Waals surface area (Å²) in [6.07, 6.45) is 0. The summed E-state index contributed by atoms with van der Waals surface area (Å²) in [5, 5.41) is 0. The molecule has 0 amide bonds. The van der Waals surface area contributed by atoms with Crippen LogP contribution in [0.5, 0.6) is 5.75 Å². The van der Waals surface area contributed by atoms with Crippen molar-refractivity contribution in [3.05, 3.63) is 29.8 Å². The highest BCUT2D eigenvalue weighted by Crippen LogP contribution is 2.16. The minimum Gasteiger partial charge on any atom is -0.447 e. The van der Waals surface area contributed by atoms with Crippen LogP contribution >= 0.6 is 0 Å². The third kappa shape index (κ3) is 2.50. The molecule has 0 fully saturated rings. The van der Waals surface area contributed by atoms with Crippen molar-refractivity contribution in [1.29, 1.82) is 0 Å². The van der Waals surface area contributed by atoms with Crippen molar-refractivity contribution in [2.75, 3.05) is 0 Å². The zero-order valence-electron chi connectivity index (χ0n) is 6.95. The minimum absolute atomic E-state index is 0.602. The maximum atomic E-state index is 5.27. The Bertz CT molecular complexity index is 267. The lowest BCUT2D eigenvalue weighted by Crippen LogP contribution is -2.62. The van der Waals surface area contributed by atoms with E-state index in [2.05, 4.69) is 0 Å². The van der Waals surface area contributed by atoms with Crippen LogP contribution in [-0.4, -0.2) is 5.97 Å². The lowest BCUT2D eigenvalue weighted by Gasteiger charge is -2.21. The van der Waals surface area contributed by atoms with Gasteiger partial charge < -0.3 is 4.74 Å². The van der Waals surface area contributed by atoms with Crippen LogP contribution in [0.15, 0.2) is 24.3 Å². The number of hydrogen-bond acceptors (Lipinski definition) is 4. The zero-order chi connectivity index (χ0) is 9.19. The second-order valence-electron chi connectivity index (χ2n) is 2.72. The van der Waals surface area contributed by atoms with Crippen molar-refractivity contribution in [2.24, 2.45) is 17.2 Å². The van der Waals surface area contributed by atoms with Crippen molar-refractivity contribution in [3.8, 4) is 5.75 Å². The first-order chi connectivity index (χ1) is 5.49. The number of ether oxygens (including phenoxy) is 1. The number of benzene rings is 1. The lowest BCUT2D eigenvalue weighted by molar-refractivity contribution is 0.0893. The Kier molecular flexibility index (Phi) is 2.32. The molecule has 0 saturated heterocycles. The number of para-hydroxylation sites is 1. The molecule has 0 saturated carbocycles. The van der Waals surface area contributed by atoms with E-state index in [1.54, 1.807) is 6.07 Å². The van der Waals surface area contributed by atoms with Crippen LogP contribution in [0.4, 0.5) is 0 Å². The van der Waals surface area contributed by atoms with Crippen LogP contribution < -0.4 is 21.9 Å². The molecule has 4 nitrogen and oxygen atoms in total. The van der Waals surface area contributed by atoms with Crippen LogP contribution in [0.3, 0.4) is 0 Å². The lowest BCUT2D eigenvalue weighted by atomic mass is 10.2. The molecule has 0 heterocycles. The molecule has 0 spiro atoms. The molecule has 0 aliphatic carbocycles. The van der Waals surface area contributed by atoms with Crippen LogP contribution in [0.2, 0.25) is 0 Å². The summed E-state index contributed by atoms with van der Waals surface area (Å²) in [5.41, 5.74) is 16.8. The number of hydrogen-bond donors (Lipinski definition) is 3. The maximum absolute atomic E-state index is 5.27. The van der Waals surface area contributed by atoms with Gasteiger partial charge in [0.05, 0.1) is 0 Å². The van der Waals surface area contributed by atoms with Gasteiger partial charge in [-0.3, -0.25) is 17.2 Å². The first kappa shape index (κ1) is 8.99. The van der Waals surface area contributed by atoms with Crippen molar-refractivity contribution in [1.82, 2.24) is 0 Å². The Hall–Kier alpha value is -1.10. The molecule has 0 unspecified atom stereocenters. The molecule has 0 atom stereocenters. The first-order valence-electron chi connectivity index (χ1n) is 3.60. The molecule has 66 valence electrons. The summed E-state index contributed by atoms with van der Waals surface area (Å²) in [5.74, 6) is -1.00. The fourth-order valence-electron chi connectivity index (χ4n) is 0.861. The van der Waals surface area contributed by atoms with E-state index in [0.717, 1.165) is 5.56 Å². The molecule has 1 rings (SSSR count). The van der Waals surface area contributed by atoms with Gasteiger partial charge in [-0.25, -0.2) is 0 Å². The van der Waals surface area contributed by atoms with Crippen LogP contribution in [-0.2, 0) is 0 Å². The zero-order valence-corrected chi connectivity index (χ0v) is 6.95. The summed E-state index contributed by atoms with van der Waals surface area (Å²) in [4.78, 5) is 0. The van der Waals surface area contributed by atoms with Crippen LogP contribution in [0, 0.1) is 6.92 Å². The van der Waals surface area contributed by atoms with Crippen molar-refractivity contribution in [2.45, 2.75) is 12.9 Å². The van der Waals surface area contributed by atoms with E-state index in [9.17, 15) is 0 Å². The fraction of sp³-hybridized carbons (Fsp3) is 0.250. The molecule has 0 bridgehead atoms. The first-order valence-corrected chi connectivity index (χ1v) is 3.60. The van der Waals surface area contributed by atoms with Gasteiger partial charge in [-0.1, -0.05) is 18.2 Å². The van der Waals surface area contributed by atoms with Crippen molar-refractivity contribution in [3.63, 3.8) is 0 Å². The topological polar surface area (TPSA) is 87.3 Å². The Morgan fingerprint density at radius 3 is 2.25 bits per heavy atom. The summed E-state index contributed by atoms with van der Waals surface area (Å²) < 4.78 is 5.07. The standard InChI is InChI=1S/C8H13N3O/c1-6-4-2-3-5-7(6)12-8(9,10)11/h2-5H,9-11H2,1H3. The Labute approximate surface area is 71.3 Å². The van der Waals surface area contributed by atoms with E-state index in [1.807, 2.05) is 25.1 Å².